The number of aromatic nitrogens is 3. The highest BCUT2D eigenvalue weighted by Crippen LogP contribution is 2.26. The summed E-state index contributed by atoms with van der Waals surface area (Å²) in [6, 6.07) is 6.85. The van der Waals surface area contributed by atoms with Gasteiger partial charge in [-0.3, -0.25) is 24.0 Å². The van der Waals surface area contributed by atoms with Crippen LogP contribution in [0.2, 0.25) is 0 Å². The van der Waals surface area contributed by atoms with Crippen LogP contribution in [-0.4, -0.2) is 74.1 Å². The summed E-state index contributed by atoms with van der Waals surface area (Å²) in [7, 11) is 0. The van der Waals surface area contributed by atoms with Gasteiger partial charge in [-0.25, -0.2) is 9.97 Å². The number of hydrogen-bond donors (Lipinski definition) is 5. The molecule has 1 fully saturated rings. The van der Waals surface area contributed by atoms with Crippen molar-refractivity contribution in [2.45, 2.75) is 70.2 Å². The number of amides is 5. The fraction of sp³-hybridized carbons (Fsp3) is 0.382. The molecule has 1 saturated heterocycles. The van der Waals surface area contributed by atoms with E-state index in [-0.39, 0.29) is 54.4 Å². The molecule has 1 aromatic carbocycles. The number of carbonyl (C=O) groups excluding carboxylic acids is 5. The van der Waals surface area contributed by atoms with Crippen molar-refractivity contribution in [3.05, 3.63) is 95.6 Å². The van der Waals surface area contributed by atoms with Crippen LogP contribution in [0.5, 0.6) is 0 Å². The maximum atomic E-state index is 14.1. The van der Waals surface area contributed by atoms with Crippen molar-refractivity contribution in [1.29, 1.82) is 0 Å². The molecular weight excluding hydrogens is 632 g/mol. The Balaban J connectivity index is 1.36. The second-order valence-corrected chi connectivity index (χ2v) is 12.8. The minimum absolute atomic E-state index is 0.0190. The highest BCUT2D eigenvalue weighted by atomic mass is 16.3. The van der Waals surface area contributed by atoms with Gasteiger partial charge in [0, 0.05) is 31.4 Å². The van der Waals surface area contributed by atoms with Crippen molar-refractivity contribution in [2.24, 2.45) is 5.92 Å². The lowest BCUT2D eigenvalue weighted by molar-refractivity contribution is -0.126. The van der Waals surface area contributed by atoms with Crippen molar-refractivity contribution in [3.63, 3.8) is 0 Å². The van der Waals surface area contributed by atoms with Crippen LogP contribution in [0.3, 0.4) is 0 Å². The summed E-state index contributed by atoms with van der Waals surface area (Å²) in [4.78, 5) is 80.7. The van der Waals surface area contributed by atoms with Crippen LogP contribution in [0.25, 0.3) is 0 Å². The van der Waals surface area contributed by atoms with Crippen molar-refractivity contribution in [3.8, 4) is 0 Å². The zero-order valence-electron chi connectivity index (χ0n) is 27.3. The summed E-state index contributed by atoms with van der Waals surface area (Å²) in [6.45, 7) is 5.51. The first-order valence-corrected chi connectivity index (χ1v) is 16.2. The number of fused-ring (bicyclic) bond motifs is 5. The maximum absolute atomic E-state index is 14.1. The smallest absolute Gasteiger partial charge is 0.276 e. The number of nitrogens with zero attached hydrogens (tertiary/aromatic N) is 3. The Bertz CT molecular complexity index is 1820. The van der Waals surface area contributed by atoms with Crippen molar-refractivity contribution in [2.75, 3.05) is 6.54 Å². The molecule has 5 N–H and O–H groups in total. The van der Waals surface area contributed by atoms with Crippen molar-refractivity contribution < 1.29 is 32.8 Å². The molecule has 15 nitrogen and oxygen atoms in total. The fourth-order valence-electron chi connectivity index (χ4n) is 6.06. The van der Waals surface area contributed by atoms with E-state index in [9.17, 15) is 24.0 Å². The van der Waals surface area contributed by atoms with Gasteiger partial charge < -0.3 is 40.0 Å². The molecule has 0 aliphatic carbocycles. The van der Waals surface area contributed by atoms with Crippen LogP contribution < -0.4 is 21.3 Å². The Kier molecular flexibility index (Phi) is 9.60. The minimum atomic E-state index is -1.02. The Hall–Kier alpha value is -5.73. The largest absolute Gasteiger partial charge is 0.446 e. The average molecular weight is 671 g/mol. The normalized spacial score (nSPS) is 23.3. The van der Waals surface area contributed by atoms with Gasteiger partial charge in [-0.05, 0) is 37.3 Å². The molecule has 0 radical (unpaired) electrons. The monoisotopic (exact) mass is 670 g/mol. The third kappa shape index (κ3) is 7.55. The molecule has 4 aromatic rings. The summed E-state index contributed by atoms with van der Waals surface area (Å²) in [5.74, 6) is -2.37. The molecule has 0 saturated carbocycles. The van der Waals surface area contributed by atoms with Gasteiger partial charge in [0.2, 0.25) is 23.6 Å². The van der Waals surface area contributed by atoms with E-state index in [1.54, 1.807) is 25.4 Å². The molecule has 15 heteroatoms. The number of hydrogen-bond acceptors (Lipinski definition) is 9. The minimum Gasteiger partial charge on any atom is -0.446 e. The number of rotatable bonds is 6. The third-order valence-electron chi connectivity index (χ3n) is 8.51. The van der Waals surface area contributed by atoms with Gasteiger partial charge >= 0.3 is 0 Å². The second-order valence-electron chi connectivity index (χ2n) is 12.8. The Morgan fingerprint density at radius 1 is 0.939 bits per heavy atom. The Morgan fingerprint density at radius 3 is 2.41 bits per heavy atom. The van der Waals surface area contributed by atoms with E-state index in [1.807, 2.05) is 44.2 Å². The van der Waals surface area contributed by atoms with Gasteiger partial charge in [-0.1, -0.05) is 44.2 Å². The fourth-order valence-corrected chi connectivity index (χ4v) is 6.06. The molecule has 0 unspecified atom stereocenters. The van der Waals surface area contributed by atoms with Crippen LogP contribution in [0.4, 0.5) is 0 Å². The first-order valence-electron chi connectivity index (χ1n) is 16.2. The number of oxazole rings is 2. The highest BCUT2D eigenvalue weighted by Gasteiger charge is 2.42. The summed E-state index contributed by atoms with van der Waals surface area (Å²) in [6.07, 6.45) is 6.23. The second kappa shape index (κ2) is 14.2. The number of H-pyrrole nitrogens is 1. The van der Waals surface area contributed by atoms with Crippen LogP contribution in [-0.2, 0) is 16.0 Å². The molecule has 3 aromatic heterocycles. The van der Waals surface area contributed by atoms with E-state index in [0.717, 1.165) is 5.56 Å². The topological polar surface area (TPSA) is 205 Å². The quantitative estimate of drug-likeness (QED) is 0.204. The van der Waals surface area contributed by atoms with E-state index < -0.39 is 53.8 Å². The SMILES string of the molecule is CC(C)C[C@H]1NC(=O)c2coc(n2)[C@H](Cc2ccccc2)NC(=O)[C@@H]2C[C@H](NC(=O)c3cc[nH]c3)CN2C(=O)c2coc(n2)[C@@H](C)NC1=O. The molecular formula is C34H38N8O7. The van der Waals surface area contributed by atoms with E-state index in [1.165, 1.54) is 17.4 Å². The maximum Gasteiger partial charge on any atom is 0.276 e. The number of benzene rings is 1. The summed E-state index contributed by atoms with van der Waals surface area (Å²) in [5, 5.41) is 11.4. The lowest BCUT2D eigenvalue weighted by Gasteiger charge is -2.25. The summed E-state index contributed by atoms with van der Waals surface area (Å²) < 4.78 is 11.4. The van der Waals surface area contributed by atoms with Crippen LogP contribution in [0, 0.1) is 5.92 Å². The van der Waals surface area contributed by atoms with Gasteiger partial charge in [0.1, 0.15) is 36.7 Å². The number of aromatic amines is 1. The van der Waals surface area contributed by atoms with Gasteiger partial charge in [-0.2, -0.15) is 0 Å². The Morgan fingerprint density at radius 2 is 1.67 bits per heavy atom. The van der Waals surface area contributed by atoms with Crippen LogP contribution in [0.15, 0.2) is 70.2 Å². The average Bonchev–Trinajstić information content (AvgIpc) is 3.90. The van der Waals surface area contributed by atoms with Gasteiger partial charge in [0.25, 0.3) is 17.7 Å². The first kappa shape index (κ1) is 33.2. The molecule has 5 amide bonds. The predicted octanol–water partition coefficient (Wildman–Crippen LogP) is 2.44. The number of carbonyl (C=O) groups is 5. The van der Waals surface area contributed by atoms with E-state index >= 15 is 0 Å². The molecule has 5 atom stereocenters. The number of nitrogens with one attached hydrogen (secondary N) is 5. The van der Waals surface area contributed by atoms with Crippen LogP contribution in [0.1, 0.15) is 94.4 Å². The van der Waals surface area contributed by atoms with Gasteiger partial charge in [-0.15, -0.1) is 0 Å². The lowest BCUT2D eigenvalue weighted by Crippen LogP contribution is -2.48. The molecule has 0 spiro atoms. The third-order valence-corrected chi connectivity index (χ3v) is 8.51. The summed E-state index contributed by atoms with van der Waals surface area (Å²) >= 11 is 0. The molecule has 2 aliphatic rings. The van der Waals surface area contributed by atoms with E-state index in [4.69, 9.17) is 8.83 Å². The van der Waals surface area contributed by atoms with Crippen molar-refractivity contribution >= 4 is 29.5 Å². The van der Waals surface area contributed by atoms with Gasteiger partial charge in [0.05, 0.1) is 5.56 Å². The van der Waals surface area contributed by atoms with Crippen LogP contribution >= 0.6 is 0 Å². The van der Waals surface area contributed by atoms with E-state index in [2.05, 4.69) is 36.2 Å². The molecule has 49 heavy (non-hydrogen) atoms. The molecule has 4 bridgehead atoms. The lowest BCUT2D eigenvalue weighted by atomic mass is 10.0. The Labute approximate surface area is 281 Å². The molecule has 256 valence electrons. The molecule has 5 heterocycles. The standard InChI is InChI=1S/C34H38N8O7/c1-18(2)11-23-29(44)36-19(3)32-41-26(17-48-32)34(47)42-15-22(37-28(43)21-9-10-35-14-21)13-27(42)31(46)39-24(12-20-7-5-4-6-8-20)33-40-25(16-49-33)30(45)38-23/h4-10,14,16-19,22-24,27,35H,11-13,15H2,1-3H3,(H,36,44)(H,37,43)(H,38,45)(H,39,46)/t19-,22+,23-,24+,27+/m1/s1. The highest BCUT2D eigenvalue weighted by molar-refractivity contribution is 5.98. The predicted molar refractivity (Wildman–Crippen MR) is 173 cm³/mol. The summed E-state index contributed by atoms with van der Waals surface area (Å²) in [5.41, 5.74) is 1.12. The molecule has 6 rings (SSSR count). The van der Waals surface area contributed by atoms with E-state index in [0.29, 0.717) is 12.0 Å². The zero-order valence-corrected chi connectivity index (χ0v) is 27.3. The zero-order chi connectivity index (χ0) is 34.7. The van der Waals surface area contributed by atoms with Gasteiger partial charge in [0.15, 0.2) is 11.4 Å². The first-order chi connectivity index (χ1) is 23.5. The van der Waals surface area contributed by atoms with Crippen molar-refractivity contribution in [1.82, 2.24) is 41.1 Å². The molecule has 2 aliphatic heterocycles.